The van der Waals surface area contributed by atoms with Gasteiger partial charge in [0.1, 0.15) is 21.9 Å². The summed E-state index contributed by atoms with van der Waals surface area (Å²) in [5, 5.41) is 0.526. The van der Waals surface area contributed by atoms with E-state index in [2.05, 4.69) is 0 Å². The molecular weight excluding hydrogens is 438 g/mol. The number of hydrogen-bond donors (Lipinski definition) is 0. The van der Waals surface area contributed by atoms with Gasteiger partial charge < -0.3 is 18.8 Å². The Hall–Kier alpha value is -3.58. The summed E-state index contributed by atoms with van der Waals surface area (Å²) in [6, 6.07) is 15.4. The second kappa shape index (κ2) is 9.50. The Morgan fingerprint density at radius 2 is 1.85 bits per heavy atom. The van der Waals surface area contributed by atoms with Crippen LogP contribution in [0.25, 0.3) is 20.7 Å². The average Bonchev–Trinajstić information content (AvgIpc) is 3.19. The van der Waals surface area contributed by atoms with Gasteiger partial charge in [-0.15, -0.1) is 11.3 Å². The van der Waals surface area contributed by atoms with Gasteiger partial charge in [0.25, 0.3) is 0 Å². The molecule has 33 heavy (non-hydrogen) atoms. The Bertz CT molecular complexity index is 1390. The summed E-state index contributed by atoms with van der Waals surface area (Å²) in [5.41, 5.74) is 2.43. The van der Waals surface area contributed by atoms with Crippen LogP contribution in [-0.2, 0) is 11.3 Å². The standard InChI is InChI=1S/C26H25NO5S/c1-5-32-26(29)20-15-27(14-18-9-6-7-12-21(18)31-4)25-22(23(20)28)16(2)24(33-25)17-10-8-11-19(13-17)30-3/h6-13,15H,5,14H2,1-4H3. The lowest BCUT2D eigenvalue weighted by molar-refractivity contribution is 0.0524. The summed E-state index contributed by atoms with van der Waals surface area (Å²) in [4.78, 5) is 27.8. The molecule has 0 aliphatic rings. The quantitative estimate of drug-likeness (QED) is 0.349. The highest BCUT2D eigenvalue weighted by molar-refractivity contribution is 7.22. The summed E-state index contributed by atoms with van der Waals surface area (Å²) in [5.74, 6) is 0.857. The summed E-state index contributed by atoms with van der Waals surface area (Å²) in [6.45, 7) is 4.27. The number of carbonyl (C=O) groups is 1. The van der Waals surface area contributed by atoms with Crippen LogP contribution < -0.4 is 14.9 Å². The molecule has 2 heterocycles. The molecule has 6 nitrogen and oxygen atoms in total. The van der Waals surface area contributed by atoms with E-state index in [9.17, 15) is 9.59 Å². The van der Waals surface area contributed by atoms with E-state index in [1.807, 2.05) is 60.0 Å². The van der Waals surface area contributed by atoms with Gasteiger partial charge in [-0.05, 0) is 43.2 Å². The second-order valence-electron chi connectivity index (χ2n) is 7.50. The molecule has 0 fully saturated rings. The molecule has 0 unspecified atom stereocenters. The molecule has 4 aromatic rings. The van der Waals surface area contributed by atoms with Crippen molar-refractivity contribution in [2.75, 3.05) is 20.8 Å². The van der Waals surface area contributed by atoms with Crippen molar-refractivity contribution in [3.63, 3.8) is 0 Å². The molecule has 4 rings (SSSR count). The summed E-state index contributed by atoms with van der Waals surface area (Å²) in [7, 11) is 3.25. The molecule has 0 radical (unpaired) electrons. The SMILES string of the molecule is CCOC(=O)c1cn(Cc2ccccc2OC)c2sc(-c3cccc(OC)c3)c(C)c2c1=O. The Morgan fingerprint density at radius 1 is 1.06 bits per heavy atom. The number of esters is 1. The Labute approximate surface area is 196 Å². The number of thiophene rings is 1. The van der Waals surface area contributed by atoms with Gasteiger partial charge >= 0.3 is 5.97 Å². The lowest BCUT2D eigenvalue weighted by Gasteiger charge is -2.13. The predicted octanol–water partition coefficient (Wildman–Crippen LogP) is 5.28. The van der Waals surface area contributed by atoms with Gasteiger partial charge in [-0.1, -0.05) is 30.3 Å². The molecule has 0 bridgehead atoms. The fraction of sp³-hybridized carbons (Fsp3) is 0.231. The van der Waals surface area contributed by atoms with E-state index in [0.29, 0.717) is 11.9 Å². The van der Waals surface area contributed by atoms with E-state index < -0.39 is 5.97 Å². The minimum atomic E-state index is -0.619. The van der Waals surface area contributed by atoms with Crippen molar-refractivity contribution >= 4 is 27.5 Å². The maximum atomic E-state index is 13.4. The molecule has 0 saturated heterocycles. The van der Waals surface area contributed by atoms with Crippen molar-refractivity contribution in [1.82, 2.24) is 4.57 Å². The molecule has 0 amide bonds. The van der Waals surface area contributed by atoms with Gasteiger partial charge in [-0.25, -0.2) is 4.79 Å². The number of methoxy groups -OCH3 is 2. The Morgan fingerprint density at radius 3 is 2.58 bits per heavy atom. The van der Waals surface area contributed by atoms with Crippen LogP contribution in [0.4, 0.5) is 0 Å². The monoisotopic (exact) mass is 463 g/mol. The molecule has 2 aromatic heterocycles. The third kappa shape index (κ3) is 4.24. The van der Waals surface area contributed by atoms with Gasteiger partial charge in [0.05, 0.1) is 32.8 Å². The maximum Gasteiger partial charge on any atom is 0.343 e. The Balaban J connectivity index is 1.98. The van der Waals surface area contributed by atoms with Crippen LogP contribution in [-0.4, -0.2) is 31.4 Å². The number of fused-ring (bicyclic) bond motifs is 1. The largest absolute Gasteiger partial charge is 0.497 e. The average molecular weight is 464 g/mol. The highest BCUT2D eigenvalue weighted by Crippen LogP contribution is 2.38. The van der Waals surface area contributed by atoms with Gasteiger partial charge in [-0.2, -0.15) is 0 Å². The number of pyridine rings is 1. The molecule has 0 saturated carbocycles. The lowest BCUT2D eigenvalue weighted by Crippen LogP contribution is -2.21. The molecule has 0 aliphatic carbocycles. The number of hydrogen-bond acceptors (Lipinski definition) is 6. The number of nitrogens with zero attached hydrogens (tertiary/aromatic N) is 1. The molecular formula is C26H25NO5S. The van der Waals surface area contributed by atoms with Gasteiger partial charge in [0.15, 0.2) is 0 Å². The molecule has 0 atom stereocenters. The van der Waals surface area contributed by atoms with Crippen molar-refractivity contribution in [1.29, 1.82) is 0 Å². The van der Waals surface area contributed by atoms with Crippen molar-refractivity contribution < 1.29 is 19.0 Å². The van der Waals surface area contributed by atoms with Crippen LogP contribution in [0.15, 0.2) is 59.5 Å². The number of aryl methyl sites for hydroxylation is 1. The fourth-order valence-electron chi connectivity index (χ4n) is 3.90. The van der Waals surface area contributed by atoms with Crippen molar-refractivity contribution in [2.24, 2.45) is 0 Å². The van der Waals surface area contributed by atoms with Crippen molar-refractivity contribution in [3.8, 4) is 21.9 Å². The molecule has 0 spiro atoms. The van der Waals surface area contributed by atoms with Gasteiger partial charge in [0.2, 0.25) is 5.43 Å². The third-order valence-electron chi connectivity index (χ3n) is 5.51. The van der Waals surface area contributed by atoms with Crippen LogP contribution in [0.1, 0.15) is 28.4 Å². The smallest absolute Gasteiger partial charge is 0.343 e. The summed E-state index contributed by atoms with van der Waals surface area (Å²) >= 11 is 1.52. The molecule has 0 N–H and O–H groups in total. The number of rotatable bonds is 7. The van der Waals surface area contributed by atoms with Crippen molar-refractivity contribution in [2.45, 2.75) is 20.4 Å². The zero-order chi connectivity index (χ0) is 23.5. The number of para-hydroxylation sites is 1. The number of carbonyl (C=O) groups excluding carboxylic acids is 1. The highest BCUT2D eigenvalue weighted by Gasteiger charge is 2.22. The molecule has 0 aliphatic heterocycles. The third-order valence-corrected chi connectivity index (χ3v) is 6.88. The van der Waals surface area contributed by atoms with Gasteiger partial charge in [0, 0.05) is 16.6 Å². The van der Waals surface area contributed by atoms with E-state index in [1.54, 1.807) is 27.3 Å². The predicted molar refractivity (Wildman–Crippen MR) is 131 cm³/mol. The van der Waals surface area contributed by atoms with Crippen LogP contribution in [0, 0.1) is 6.92 Å². The lowest BCUT2D eigenvalue weighted by atomic mass is 10.1. The normalized spacial score (nSPS) is 10.9. The number of ether oxygens (including phenoxy) is 3. The Kier molecular flexibility index (Phi) is 6.51. The minimum absolute atomic E-state index is 0.0253. The van der Waals surface area contributed by atoms with E-state index in [-0.39, 0.29) is 17.6 Å². The van der Waals surface area contributed by atoms with E-state index in [0.717, 1.165) is 37.9 Å². The fourth-order valence-corrected chi connectivity index (χ4v) is 5.18. The first-order chi connectivity index (χ1) is 16.0. The topological polar surface area (TPSA) is 66.8 Å². The first kappa shape index (κ1) is 22.6. The number of aromatic nitrogens is 1. The molecule has 2 aromatic carbocycles. The van der Waals surface area contributed by atoms with Crippen LogP contribution in [0.3, 0.4) is 0 Å². The maximum absolute atomic E-state index is 13.4. The zero-order valence-electron chi connectivity index (χ0n) is 19.0. The molecule has 7 heteroatoms. The highest BCUT2D eigenvalue weighted by atomic mass is 32.1. The van der Waals surface area contributed by atoms with E-state index in [4.69, 9.17) is 14.2 Å². The van der Waals surface area contributed by atoms with E-state index in [1.165, 1.54) is 11.3 Å². The van der Waals surface area contributed by atoms with Crippen LogP contribution in [0.2, 0.25) is 0 Å². The summed E-state index contributed by atoms with van der Waals surface area (Å²) in [6.07, 6.45) is 1.60. The zero-order valence-corrected chi connectivity index (χ0v) is 19.8. The van der Waals surface area contributed by atoms with Crippen LogP contribution >= 0.6 is 11.3 Å². The van der Waals surface area contributed by atoms with Crippen molar-refractivity contribution in [3.05, 3.63) is 81.6 Å². The van der Waals surface area contributed by atoms with E-state index >= 15 is 0 Å². The summed E-state index contributed by atoms with van der Waals surface area (Å²) < 4.78 is 18.0. The second-order valence-corrected chi connectivity index (χ2v) is 8.50. The molecule has 170 valence electrons. The van der Waals surface area contributed by atoms with Crippen LogP contribution in [0.5, 0.6) is 11.5 Å². The first-order valence-corrected chi connectivity index (χ1v) is 11.4. The number of benzene rings is 2. The first-order valence-electron chi connectivity index (χ1n) is 10.6. The minimum Gasteiger partial charge on any atom is -0.497 e. The van der Waals surface area contributed by atoms with Gasteiger partial charge in [-0.3, -0.25) is 4.79 Å².